The Morgan fingerprint density at radius 2 is 1.86 bits per heavy atom. The first-order chi connectivity index (χ1) is 9.72. The average Bonchev–Trinajstić information content (AvgIpc) is 2.39. The molecule has 0 spiro atoms. The number of carboxylic acids is 1. The maximum atomic E-state index is 11.9. The van der Waals surface area contributed by atoms with Gasteiger partial charge in [0.1, 0.15) is 6.04 Å². The van der Waals surface area contributed by atoms with Gasteiger partial charge in [0.2, 0.25) is 0 Å². The second-order valence-electron chi connectivity index (χ2n) is 6.96. The van der Waals surface area contributed by atoms with Gasteiger partial charge in [0.15, 0.2) is 0 Å². The van der Waals surface area contributed by atoms with Crippen molar-refractivity contribution in [2.45, 2.75) is 46.1 Å². The fraction of sp³-hybridized carbons (Fsp3) is 0.867. The molecule has 1 aliphatic rings. The monoisotopic (exact) mass is 299 g/mol. The van der Waals surface area contributed by atoms with Crippen LogP contribution in [0, 0.1) is 11.3 Å². The molecule has 0 unspecified atom stereocenters. The molecule has 0 aliphatic carbocycles. The third kappa shape index (κ3) is 6.33. The molecule has 1 aliphatic heterocycles. The second kappa shape index (κ2) is 7.64. The van der Waals surface area contributed by atoms with Gasteiger partial charge in [0, 0.05) is 6.54 Å². The number of carbonyl (C=O) groups is 2. The van der Waals surface area contributed by atoms with Crippen LogP contribution in [0.1, 0.15) is 40.0 Å². The molecule has 3 N–H and O–H groups in total. The summed E-state index contributed by atoms with van der Waals surface area (Å²) in [5.74, 6) is -0.762. The van der Waals surface area contributed by atoms with Crippen molar-refractivity contribution >= 4 is 12.0 Å². The summed E-state index contributed by atoms with van der Waals surface area (Å²) < 4.78 is 0. The van der Waals surface area contributed by atoms with E-state index in [0.29, 0.717) is 13.0 Å². The van der Waals surface area contributed by atoms with E-state index in [1.54, 1.807) is 0 Å². The number of likely N-dealkylation sites (tertiary alicyclic amines) is 1. The number of aliphatic carboxylic acids is 1. The summed E-state index contributed by atoms with van der Waals surface area (Å²) in [5, 5.41) is 14.5. The van der Waals surface area contributed by atoms with Crippen LogP contribution in [0.3, 0.4) is 0 Å². The molecule has 1 atom stereocenters. The van der Waals surface area contributed by atoms with E-state index >= 15 is 0 Å². The third-order valence-electron chi connectivity index (χ3n) is 4.18. The maximum Gasteiger partial charge on any atom is 0.326 e. The Hall–Kier alpha value is -1.30. The van der Waals surface area contributed by atoms with E-state index < -0.39 is 12.0 Å². The van der Waals surface area contributed by atoms with Crippen LogP contribution in [0.2, 0.25) is 0 Å². The Morgan fingerprint density at radius 3 is 2.33 bits per heavy atom. The van der Waals surface area contributed by atoms with Crippen molar-refractivity contribution in [3.63, 3.8) is 0 Å². The van der Waals surface area contributed by atoms with Crippen LogP contribution < -0.4 is 10.6 Å². The molecule has 6 nitrogen and oxygen atoms in total. The van der Waals surface area contributed by atoms with Crippen LogP contribution >= 0.6 is 0 Å². The van der Waals surface area contributed by atoms with Crippen LogP contribution in [0.5, 0.6) is 0 Å². The number of carboxylic acid groups (broad SMARTS) is 1. The number of nitrogens with zero attached hydrogens (tertiary/aromatic N) is 1. The number of carbonyl (C=O) groups excluding carboxylic acids is 1. The first-order valence-corrected chi connectivity index (χ1v) is 7.67. The molecule has 0 aromatic rings. The summed E-state index contributed by atoms with van der Waals surface area (Å²) in [7, 11) is 2.10. The molecule has 1 heterocycles. The van der Waals surface area contributed by atoms with Crippen molar-refractivity contribution in [3.05, 3.63) is 0 Å². The number of nitrogens with one attached hydrogen (secondary N) is 2. The summed E-state index contributed by atoms with van der Waals surface area (Å²) in [6.45, 7) is 8.70. The van der Waals surface area contributed by atoms with Crippen LogP contribution in [0.15, 0.2) is 0 Å². The zero-order chi connectivity index (χ0) is 16.0. The Bertz CT molecular complexity index is 363. The quantitative estimate of drug-likeness (QED) is 0.694. The smallest absolute Gasteiger partial charge is 0.326 e. The summed E-state index contributed by atoms with van der Waals surface area (Å²) >= 11 is 0. The van der Waals surface area contributed by atoms with E-state index in [-0.39, 0.29) is 17.4 Å². The minimum atomic E-state index is -0.982. The lowest BCUT2D eigenvalue weighted by Gasteiger charge is -2.38. The number of hydrogen-bond donors (Lipinski definition) is 3. The Balaban J connectivity index is 2.40. The Morgan fingerprint density at radius 1 is 1.29 bits per heavy atom. The number of amides is 2. The van der Waals surface area contributed by atoms with Crippen molar-refractivity contribution in [3.8, 4) is 0 Å². The number of urea groups is 1. The Kier molecular flexibility index (Phi) is 6.45. The SMILES string of the molecule is CC(C)C[C@H](NC(=O)NCC1(C)CCN(C)CC1)C(=O)O. The molecule has 1 saturated heterocycles. The lowest BCUT2D eigenvalue weighted by molar-refractivity contribution is -0.139. The molecule has 21 heavy (non-hydrogen) atoms. The van der Waals surface area contributed by atoms with E-state index in [0.717, 1.165) is 25.9 Å². The van der Waals surface area contributed by atoms with Gasteiger partial charge in [-0.25, -0.2) is 9.59 Å². The highest BCUT2D eigenvalue weighted by atomic mass is 16.4. The van der Waals surface area contributed by atoms with Gasteiger partial charge < -0.3 is 20.6 Å². The van der Waals surface area contributed by atoms with Gasteiger partial charge in [-0.3, -0.25) is 0 Å². The normalized spacial score (nSPS) is 20.0. The molecule has 0 bridgehead atoms. The molecule has 0 aromatic carbocycles. The molecule has 2 amide bonds. The average molecular weight is 299 g/mol. The number of piperidine rings is 1. The van der Waals surface area contributed by atoms with Gasteiger partial charge in [0.05, 0.1) is 0 Å². The molecule has 1 fully saturated rings. The van der Waals surface area contributed by atoms with Gasteiger partial charge in [-0.2, -0.15) is 0 Å². The van der Waals surface area contributed by atoms with Gasteiger partial charge in [0.25, 0.3) is 0 Å². The summed E-state index contributed by atoms with van der Waals surface area (Å²) in [5.41, 5.74) is 0.0978. The first kappa shape index (κ1) is 17.8. The van der Waals surface area contributed by atoms with Crippen molar-refractivity contribution in [2.75, 3.05) is 26.7 Å². The predicted molar refractivity (Wildman–Crippen MR) is 82.3 cm³/mol. The number of rotatable bonds is 6. The van der Waals surface area contributed by atoms with Crippen LogP contribution in [-0.2, 0) is 4.79 Å². The molecule has 0 aromatic heterocycles. The van der Waals surface area contributed by atoms with Crippen molar-refractivity contribution in [1.82, 2.24) is 15.5 Å². The van der Waals surface area contributed by atoms with Crippen molar-refractivity contribution in [2.24, 2.45) is 11.3 Å². The maximum absolute atomic E-state index is 11.9. The van der Waals surface area contributed by atoms with Gasteiger partial charge in [-0.1, -0.05) is 20.8 Å². The molecule has 1 rings (SSSR count). The zero-order valence-corrected chi connectivity index (χ0v) is 13.6. The fourth-order valence-electron chi connectivity index (χ4n) is 2.53. The highest BCUT2D eigenvalue weighted by Crippen LogP contribution is 2.29. The summed E-state index contributed by atoms with van der Waals surface area (Å²) in [6, 6.07) is -1.21. The fourth-order valence-corrected chi connectivity index (χ4v) is 2.53. The van der Waals surface area contributed by atoms with E-state index in [4.69, 9.17) is 5.11 Å². The molecular weight excluding hydrogens is 270 g/mol. The van der Waals surface area contributed by atoms with E-state index in [2.05, 4.69) is 29.5 Å². The minimum absolute atomic E-state index is 0.0978. The van der Waals surface area contributed by atoms with E-state index in [1.807, 2.05) is 13.8 Å². The third-order valence-corrected chi connectivity index (χ3v) is 4.18. The highest BCUT2D eigenvalue weighted by Gasteiger charge is 2.29. The zero-order valence-electron chi connectivity index (χ0n) is 13.6. The molecule has 122 valence electrons. The molecule has 0 radical (unpaired) electrons. The van der Waals surface area contributed by atoms with Crippen LogP contribution in [0.25, 0.3) is 0 Å². The van der Waals surface area contributed by atoms with Gasteiger partial charge >= 0.3 is 12.0 Å². The second-order valence-corrected chi connectivity index (χ2v) is 6.96. The van der Waals surface area contributed by atoms with Crippen LogP contribution in [0.4, 0.5) is 4.79 Å². The van der Waals surface area contributed by atoms with Crippen molar-refractivity contribution in [1.29, 1.82) is 0 Å². The largest absolute Gasteiger partial charge is 0.480 e. The topological polar surface area (TPSA) is 81.7 Å². The van der Waals surface area contributed by atoms with Gasteiger partial charge in [-0.15, -0.1) is 0 Å². The lowest BCUT2D eigenvalue weighted by Crippen LogP contribution is -2.50. The minimum Gasteiger partial charge on any atom is -0.480 e. The lowest BCUT2D eigenvalue weighted by atomic mass is 9.80. The summed E-state index contributed by atoms with van der Waals surface area (Å²) in [4.78, 5) is 25.3. The van der Waals surface area contributed by atoms with E-state index in [1.165, 1.54) is 0 Å². The first-order valence-electron chi connectivity index (χ1n) is 7.67. The highest BCUT2D eigenvalue weighted by molar-refractivity contribution is 5.82. The standard InChI is InChI=1S/C15H29N3O3/c1-11(2)9-12(13(19)20)17-14(21)16-10-15(3)5-7-18(4)8-6-15/h11-12H,5-10H2,1-4H3,(H,19,20)(H2,16,17,21)/t12-/m0/s1. The number of hydrogen-bond acceptors (Lipinski definition) is 3. The molecular formula is C15H29N3O3. The van der Waals surface area contributed by atoms with Crippen molar-refractivity contribution < 1.29 is 14.7 Å². The summed E-state index contributed by atoms with van der Waals surface area (Å²) in [6.07, 6.45) is 2.51. The van der Waals surface area contributed by atoms with Gasteiger partial charge in [-0.05, 0) is 50.7 Å². The molecule has 0 saturated carbocycles. The Labute approximate surface area is 127 Å². The molecule has 6 heteroatoms. The predicted octanol–water partition coefficient (Wildman–Crippen LogP) is 1.52. The van der Waals surface area contributed by atoms with E-state index in [9.17, 15) is 9.59 Å². The van der Waals surface area contributed by atoms with Crippen LogP contribution in [-0.4, -0.2) is 54.7 Å².